The standard InChI is InChI=1S/C17H18O/c1-3-14(2)16-10-7-11-17(12-16)18-13-15-8-5-4-6-9-15/h3-12H,13H2,1-2H3/b14-3+. The lowest BCUT2D eigenvalue weighted by Crippen LogP contribution is -1.95. The van der Waals surface area contributed by atoms with Crippen LogP contribution in [0, 0.1) is 0 Å². The molecule has 0 saturated heterocycles. The Morgan fingerprint density at radius 2 is 1.83 bits per heavy atom. The first-order valence-electron chi connectivity index (χ1n) is 6.19. The van der Waals surface area contributed by atoms with Crippen molar-refractivity contribution >= 4 is 5.57 Å². The molecule has 0 aliphatic carbocycles. The van der Waals surface area contributed by atoms with Gasteiger partial charge in [-0.25, -0.2) is 0 Å². The fourth-order valence-electron chi connectivity index (χ4n) is 1.74. The van der Waals surface area contributed by atoms with E-state index >= 15 is 0 Å². The first-order valence-corrected chi connectivity index (χ1v) is 6.19. The largest absolute Gasteiger partial charge is 0.489 e. The molecule has 92 valence electrons. The van der Waals surface area contributed by atoms with Crippen LogP contribution in [0.4, 0.5) is 0 Å². The second-order valence-corrected chi connectivity index (χ2v) is 4.27. The molecule has 0 aliphatic heterocycles. The summed E-state index contributed by atoms with van der Waals surface area (Å²) in [4.78, 5) is 0. The van der Waals surface area contributed by atoms with Crippen molar-refractivity contribution in [3.05, 3.63) is 71.8 Å². The molecule has 0 fully saturated rings. The quantitative estimate of drug-likeness (QED) is 0.751. The minimum Gasteiger partial charge on any atom is -0.489 e. The first-order chi connectivity index (χ1) is 8.79. The molecule has 0 spiro atoms. The summed E-state index contributed by atoms with van der Waals surface area (Å²) in [5.41, 5.74) is 3.66. The SMILES string of the molecule is C/C=C(\C)c1cccc(OCc2ccccc2)c1. The molecule has 2 rings (SSSR count). The van der Waals surface area contributed by atoms with Crippen molar-refractivity contribution in [3.63, 3.8) is 0 Å². The van der Waals surface area contributed by atoms with Gasteiger partial charge in [-0.2, -0.15) is 0 Å². The Hall–Kier alpha value is -2.02. The van der Waals surface area contributed by atoms with Crippen LogP contribution in [0.2, 0.25) is 0 Å². The van der Waals surface area contributed by atoms with Gasteiger partial charge in [-0.05, 0) is 42.7 Å². The number of allylic oxidation sites excluding steroid dienone is 2. The number of ether oxygens (including phenoxy) is 1. The number of benzene rings is 2. The molecule has 0 aromatic heterocycles. The summed E-state index contributed by atoms with van der Waals surface area (Å²) in [7, 11) is 0. The number of rotatable bonds is 4. The molecule has 0 heterocycles. The van der Waals surface area contributed by atoms with E-state index in [1.54, 1.807) is 0 Å². The Balaban J connectivity index is 2.06. The molecule has 0 unspecified atom stereocenters. The van der Waals surface area contributed by atoms with Crippen LogP contribution in [0.1, 0.15) is 25.0 Å². The summed E-state index contributed by atoms with van der Waals surface area (Å²) in [5.74, 6) is 0.914. The van der Waals surface area contributed by atoms with E-state index in [1.165, 1.54) is 16.7 Å². The normalized spacial score (nSPS) is 11.3. The van der Waals surface area contributed by atoms with Crippen LogP contribution < -0.4 is 4.74 Å². The summed E-state index contributed by atoms with van der Waals surface area (Å²) in [6.07, 6.45) is 2.11. The third-order valence-corrected chi connectivity index (χ3v) is 2.97. The smallest absolute Gasteiger partial charge is 0.120 e. The minimum atomic E-state index is 0.610. The van der Waals surface area contributed by atoms with Crippen LogP contribution in [0.25, 0.3) is 5.57 Å². The molecule has 0 amide bonds. The number of hydrogen-bond donors (Lipinski definition) is 0. The van der Waals surface area contributed by atoms with Crippen molar-refractivity contribution in [2.75, 3.05) is 0 Å². The van der Waals surface area contributed by atoms with Crippen molar-refractivity contribution in [1.29, 1.82) is 0 Å². The van der Waals surface area contributed by atoms with Gasteiger partial charge in [0, 0.05) is 0 Å². The molecule has 0 N–H and O–H groups in total. The van der Waals surface area contributed by atoms with E-state index in [2.05, 4.69) is 37.3 Å². The maximum absolute atomic E-state index is 5.80. The highest BCUT2D eigenvalue weighted by Crippen LogP contribution is 2.20. The lowest BCUT2D eigenvalue weighted by atomic mass is 10.1. The lowest BCUT2D eigenvalue weighted by molar-refractivity contribution is 0.306. The molecule has 0 saturated carbocycles. The van der Waals surface area contributed by atoms with Gasteiger partial charge in [-0.15, -0.1) is 0 Å². The Bertz CT molecular complexity index is 526. The molecule has 1 heteroatoms. The Labute approximate surface area is 109 Å². The first kappa shape index (κ1) is 12.4. The van der Waals surface area contributed by atoms with Gasteiger partial charge in [0.05, 0.1) is 0 Å². The van der Waals surface area contributed by atoms with Crippen molar-refractivity contribution in [1.82, 2.24) is 0 Å². The predicted octanol–water partition coefficient (Wildman–Crippen LogP) is 4.69. The summed E-state index contributed by atoms with van der Waals surface area (Å²) in [6, 6.07) is 18.4. The molecule has 2 aromatic rings. The maximum atomic E-state index is 5.80. The third kappa shape index (κ3) is 3.24. The summed E-state index contributed by atoms with van der Waals surface area (Å²) >= 11 is 0. The molecule has 0 bridgehead atoms. The van der Waals surface area contributed by atoms with E-state index < -0.39 is 0 Å². The van der Waals surface area contributed by atoms with Gasteiger partial charge in [-0.3, -0.25) is 0 Å². The monoisotopic (exact) mass is 238 g/mol. The van der Waals surface area contributed by atoms with Crippen molar-refractivity contribution < 1.29 is 4.74 Å². The average Bonchev–Trinajstić information content (AvgIpc) is 2.45. The van der Waals surface area contributed by atoms with E-state index in [9.17, 15) is 0 Å². The zero-order chi connectivity index (χ0) is 12.8. The molecule has 1 nitrogen and oxygen atoms in total. The van der Waals surface area contributed by atoms with Crippen LogP contribution in [0.5, 0.6) is 5.75 Å². The van der Waals surface area contributed by atoms with Crippen LogP contribution in [-0.2, 0) is 6.61 Å². The van der Waals surface area contributed by atoms with Gasteiger partial charge in [-0.1, -0.05) is 48.5 Å². The molecule has 0 atom stereocenters. The third-order valence-electron chi connectivity index (χ3n) is 2.97. The molecular weight excluding hydrogens is 220 g/mol. The lowest BCUT2D eigenvalue weighted by Gasteiger charge is -2.08. The highest BCUT2D eigenvalue weighted by molar-refractivity contribution is 5.64. The molecule has 0 radical (unpaired) electrons. The van der Waals surface area contributed by atoms with Crippen molar-refractivity contribution in [2.45, 2.75) is 20.5 Å². The summed E-state index contributed by atoms with van der Waals surface area (Å²) < 4.78 is 5.80. The Kier molecular flexibility index (Phi) is 4.19. The van der Waals surface area contributed by atoms with Crippen LogP contribution in [0.15, 0.2) is 60.7 Å². The van der Waals surface area contributed by atoms with Crippen LogP contribution in [0.3, 0.4) is 0 Å². The van der Waals surface area contributed by atoms with Gasteiger partial charge >= 0.3 is 0 Å². The van der Waals surface area contributed by atoms with Crippen molar-refractivity contribution in [3.8, 4) is 5.75 Å². The van der Waals surface area contributed by atoms with E-state index in [0.29, 0.717) is 6.61 Å². The summed E-state index contributed by atoms with van der Waals surface area (Å²) in [6.45, 7) is 4.77. The predicted molar refractivity (Wildman–Crippen MR) is 76.5 cm³/mol. The van der Waals surface area contributed by atoms with Crippen LogP contribution >= 0.6 is 0 Å². The molecule has 0 aliphatic rings. The zero-order valence-electron chi connectivity index (χ0n) is 10.9. The average molecular weight is 238 g/mol. The van der Waals surface area contributed by atoms with E-state index in [4.69, 9.17) is 4.74 Å². The van der Waals surface area contributed by atoms with Crippen LogP contribution in [-0.4, -0.2) is 0 Å². The second-order valence-electron chi connectivity index (χ2n) is 4.27. The fraction of sp³-hybridized carbons (Fsp3) is 0.176. The maximum Gasteiger partial charge on any atom is 0.120 e. The zero-order valence-corrected chi connectivity index (χ0v) is 10.9. The highest BCUT2D eigenvalue weighted by atomic mass is 16.5. The van der Waals surface area contributed by atoms with Crippen molar-refractivity contribution in [2.24, 2.45) is 0 Å². The van der Waals surface area contributed by atoms with E-state index in [0.717, 1.165) is 5.75 Å². The Morgan fingerprint density at radius 3 is 2.56 bits per heavy atom. The molecule has 18 heavy (non-hydrogen) atoms. The highest BCUT2D eigenvalue weighted by Gasteiger charge is 1.99. The summed E-state index contributed by atoms with van der Waals surface area (Å²) in [5, 5.41) is 0. The topological polar surface area (TPSA) is 9.23 Å². The van der Waals surface area contributed by atoms with Gasteiger partial charge in [0.1, 0.15) is 12.4 Å². The van der Waals surface area contributed by atoms with E-state index in [1.807, 2.05) is 37.3 Å². The second kappa shape index (κ2) is 6.06. The molecular formula is C17H18O. The minimum absolute atomic E-state index is 0.610. The number of hydrogen-bond acceptors (Lipinski definition) is 1. The molecule has 2 aromatic carbocycles. The Morgan fingerprint density at radius 1 is 1.06 bits per heavy atom. The van der Waals surface area contributed by atoms with Gasteiger partial charge in [0.15, 0.2) is 0 Å². The van der Waals surface area contributed by atoms with Gasteiger partial charge < -0.3 is 4.74 Å². The van der Waals surface area contributed by atoms with Gasteiger partial charge in [0.25, 0.3) is 0 Å². The fourth-order valence-corrected chi connectivity index (χ4v) is 1.74. The van der Waals surface area contributed by atoms with Gasteiger partial charge in [0.2, 0.25) is 0 Å². The van der Waals surface area contributed by atoms with E-state index in [-0.39, 0.29) is 0 Å².